The molecule has 0 amide bonds. The van der Waals surface area contributed by atoms with E-state index in [0.717, 1.165) is 5.56 Å². The molecular formula is C29H19Cl3FN5Na2O5. The molecule has 0 aliphatic carbocycles. The Morgan fingerprint density at radius 2 is 1.58 bits per heavy atom. The molecule has 0 unspecified atom stereocenters. The second-order valence-corrected chi connectivity index (χ2v) is 8.81. The van der Waals surface area contributed by atoms with Crippen LogP contribution in [0.3, 0.4) is 0 Å². The first kappa shape index (κ1) is 40.1. The van der Waals surface area contributed by atoms with Gasteiger partial charge in [-0.15, -0.1) is 0 Å². The van der Waals surface area contributed by atoms with Crippen molar-refractivity contribution < 1.29 is 90.5 Å². The topological polar surface area (TPSA) is 127 Å². The third kappa shape index (κ3) is 13.5. The summed E-state index contributed by atoms with van der Waals surface area (Å²) in [5.74, 6) is 0.321. The van der Waals surface area contributed by atoms with Gasteiger partial charge in [-0.3, -0.25) is 14.0 Å². The van der Waals surface area contributed by atoms with E-state index < -0.39 is 7.15 Å². The van der Waals surface area contributed by atoms with Crippen molar-refractivity contribution in [3.8, 4) is 11.5 Å². The molecule has 0 fully saturated rings. The Kier molecular flexibility index (Phi) is 20.1. The molecular weight excluding hydrogens is 670 g/mol. The number of ketones is 1. The largest absolute Gasteiger partial charge is 1.00 e. The van der Waals surface area contributed by atoms with Crippen LogP contribution in [0.4, 0.5) is 15.8 Å². The summed E-state index contributed by atoms with van der Waals surface area (Å²) in [5, 5.41) is 9.30. The summed E-state index contributed by atoms with van der Waals surface area (Å²) in [4.78, 5) is 42.2. The predicted octanol–water partition coefficient (Wildman–Crippen LogP) is 1.60. The number of hydrogen-bond donors (Lipinski definition) is 0. The van der Waals surface area contributed by atoms with Gasteiger partial charge >= 0.3 is 59.1 Å². The van der Waals surface area contributed by atoms with Crippen molar-refractivity contribution in [2.75, 3.05) is 7.15 Å². The Labute approximate surface area is 319 Å². The number of hydrogen-bond acceptors (Lipinski definition) is 8. The fourth-order valence-electron chi connectivity index (χ4n) is 3.22. The van der Waals surface area contributed by atoms with E-state index in [9.17, 15) is 9.18 Å². The van der Waals surface area contributed by atoms with Gasteiger partial charge in [-0.2, -0.15) is 4.98 Å². The van der Waals surface area contributed by atoms with Crippen LogP contribution in [0.25, 0.3) is 32.4 Å². The Morgan fingerprint density at radius 1 is 1.00 bits per heavy atom. The first-order valence-electron chi connectivity index (χ1n) is 12.2. The van der Waals surface area contributed by atoms with Gasteiger partial charge in [-0.05, 0) is 35.9 Å². The number of rotatable bonds is 5. The van der Waals surface area contributed by atoms with Gasteiger partial charge in [0.2, 0.25) is 11.6 Å². The minimum Gasteiger partial charge on any atom is -1.00 e. The quantitative estimate of drug-likeness (QED) is 0.0519. The molecule has 2 aromatic carbocycles. The monoisotopic (exact) mass is 688 g/mol. The van der Waals surface area contributed by atoms with Gasteiger partial charge in [0, 0.05) is 17.5 Å². The molecule has 10 nitrogen and oxygen atoms in total. The van der Waals surface area contributed by atoms with Gasteiger partial charge < -0.3 is 16.0 Å². The van der Waals surface area contributed by atoms with Crippen molar-refractivity contribution in [1.29, 1.82) is 0 Å². The second-order valence-electron chi connectivity index (χ2n) is 7.68. The normalized spacial score (nSPS) is 9.27. The summed E-state index contributed by atoms with van der Waals surface area (Å²) in [6, 6.07) is 20.3. The van der Waals surface area contributed by atoms with Crippen LogP contribution in [0.2, 0.25) is 15.5 Å². The fraction of sp³-hybridized carbons (Fsp3) is 0.0690. The molecule has 0 aliphatic heterocycles. The number of pyridine rings is 2. The van der Waals surface area contributed by atoms with Crippen LogP contribution in [0.5, 0.6) is 0 Å². The molecule has 0 radical (unpaired) electrons. The Hall–Kier alpha value is -2.91. The maximum Gasteiger partial charge on any atom is 1.00 e. The number of carbonyl (C=O) groups excluding carboxylic acids is 2. The maximum absolute atomic E-state index is 12.1. The Balaban J connectivity index is 0. The Morgan fingerprint density at radius 3 is 2.18 bits per heavy atom. The van der Waals surface area contributed by atoms with E-state index in [0.29, 0.717) is 44.8 Å². The zero-order valence-corrected chi connectivity index (χ0v) is 30.0. The number of alkyl halides is 1. The summed E-state index contributed by atoms with van der Waals surface area (Å²) in [6.07, 6.45) is 0.129. The fourth-order valence-corrected chi connectivity index (χ4v) is 3.77. The van der Waals surface area contributed by atoms with Crippen molar-refractivity contribution in [1.82, 2.24) is 15.0 Å². The van der Waals surface area contributed by atoms with Gasteiger partial charge in [-0.1, -0.05) is 77.3 Å². The molecule has 0 N–H and O–H groups in total. The third-order valence-corrected chi connectivity index (χ3v) is 5.77. The van der Waals surface area contributed by atoms with Gasteiger partial charge in [-0.25, -0.2) is 19.7 Å². The first-order chi connectivity index (χ1) is 21.2. The Bertz CT molecular complexity index is 1830. The van der Waals surface area contributed by atoms with Crippen LogP contribution < -0.4 is 64.4 Å². The van der Waals surface area contributed by atoms with Crippen LogP contribution in [0.1, 0.15) is 18.7 Å². The number of oxazole rings is 1. The average Bonchev–Trinajstić information content (AvgIpc) is 3.46. The van der Waals surface area contributed by atoms with Gasteiger partial charge in [0.1, 0.15) is 21.0 Å². The standard InChI is InChI=1S/C14H8Cl2N2O.C13H6ClN3O.CH3F.CH2O3.2Na.H/c1-17-11-4-2-3-9(7-11)12(19)8-10-5-6-13(15)18-14(10)16;1-15-9-4-2-3-8(7-9)12-16-10-5-6-11(14)17-13(10)18-12;1-2;2-1-4-3;;;/h2-7H,8H2;2-7H;1H3;1,3H;;;/q;;;;2*+1;-1/p-1/i;;1D;;;;. The molecule has 5 rings (SSSR count). The van der Waals surface area contributed by atoms with Gasteiger partial charge in [0.15, 0.2) is 17.2 Å². The van der Waals surface area contributed by atoms with E-state index in [2.05, 4.69) is 29.5 Å². The molecule has 16 heteroatoms. The van der Waals surface area contributed by atoms with Crippen LogP contribution in [0.15, 0.2) is 77.2 Å². The van der Waals surface area contributed by atoms with Crippen molar-refractivity contribution >= 4 is 69.7 Å². The molecule has 0 saturated heterocycles. The molecule has 0 spiro atoms. The van der Waals surface area contributed by atoms with Gasteiger partial charge in [0.05, 0.1) is 21.7 Å². The molecule has 3 aromatic heterocycles. The zero-order valence-electron chi connectivity index (χ0n) is 25.7. The van der Waals surface area contributed by atoms with Crippen LogP contribution >= 0.6 is 34.8 Å². The van der Waals surface area contributed by atoms with E-state index >= 15 is 0 Å². The molecule has 0 atom stereocenters. The SMILES string of the molecule is O=CO[O-].[2H]CF.[C-]#[N+]c1cccc(-c2nc3ccc(Cl)nc3o2)c1.[C-]#[N+]c1cccc(C(=O)Cc2ccc(Cl)nc2Cl)c1.[H-].[Na+].[Na+]. The molecule has 5 aromatic rings. The van der Waals surface area contributed by atoms with Crippen LogP contribution in [-0.4, -0.2) is 34.4 Å². The summed E-state index contributed by atoms with van der Waals surface area (Å²) in [7, 11) is -1.00. The number of carbonyl (C=O) groups is 2. The van der Waals surface area contributed by atoms with Gasteiger partial charge in [0.25, 0.3) is 6.47 Å². The second kappa shape index (κ2) is 22.6. The number of nitrogens with zero attached hydrogens (tertiary/aromatic N) is 5. The van der Waals surface area contributed by atoms with Crippen molar-refractivity contribution in [3.05, 3.63) is 122 Å². The third-order valence-electron chi connectivity index (χ3n) is 5.02. The zero-order chi connectivity index (χ0) is 32.5. The van der Waals surface area contributed by atoms with Crippen LogP contribution in [0, 0.1) is 13.1 Å². The van der Waals surface area contributed by atoms with E-state index in [4.69, 9.17) is 63.8 Å². The number of halogens is 4. The van der Waals surface area contributed by atoms with E-state index in [1.165, 1.54) is 0 Å². The molecule has 45 heavy (non-hydrogen) atoms. The summed E-state index contributed by atoms with van der Waals surface area (Å²) < 4.78 is 21.0. The number of aromatic nitrogens is 3. The summed E-state index contributed by atoms with van der Waals surface area (Å²) in [5.41, 5.74) is 3.86. The molecule has 0 saturated carbocycles. The number of benzene rings is 2. The van der Waals surface area contributed by atoms with Crippen LogP contribution in [-0.2, 0) is 16.1 Å². The van der Waals surface area contributed by atoms with Crippen molar-refractivity contribution in [2.24, 2.45) is 0 Å². The first-order valence-corrected chi connectivity index (χ1v) is 12.6. The predicted molar refractivity (Wildman–Crippen MR) is 159 cm³/mol. The van der Waals surface area contributed by atoms with Crippen molar-refractivity contribution in [3.63, 3.8) is 0 Å². The molecule has 220 valence electrons. The number of Topliss-reactive ketones (excluding diaryl/α,β-unsaturated/α-hetero) is 1. The molecule has 3 heterocycles. The van der Waals surface area contributed by atoms with E-state index in [1.807, 2.05) is 6.07 Å². The van der Waals surface area contributed by atoms with Crippen molar-refractivity contribution in [2.45, 2.75) is 6.42 Å². The minimum atomic E-state index is -1.00. The minimum absolute atomic E-state index is 0. The maximum atomic E-state index is 12.1. The molecule has 0 aliphatic rings. The van der Waals surface area contributed by atoms with E-state index in [-0.39, 0.29) is 89.5 Å². The average molecular weight is 690 g/mol. The number of fused-ring (bicyclic) bond motifs is 1. The smallest absolute Gasteiger partial charge is 1.00 e. The van der Waals surface area contributed by atoms with E-state index in [1.54, 1.807) is 66.7 Å². The molecule has 0 bridgehead atoms. The summed E-state index contributed by atoms with van der Waals surface area (Å²) in [6.45, 7) is 13.7. The summed E-state index contributed by atoms with van der Waals surface area (Å²) >= 11 is 17.4.